The van der Waals surface area contributed by atoms with Gasteiger partial charge in [-0.15, -0.1) is 0 Å². The second-order valence-corrected chi connectivity index (χ2v) is 5.86. The number of carbonyl (C=O) groups is 1. The Morgan fingerprint density at radius 2 is 2.10 bits per heavy atom. The van der Waals surface area contributed by atoms with Gasteiger partial charge in [0.2, 0.25) is 0 Å². The van der Waals surface area contributed by atoms with Crippen LogP contribution in [0.2, 0.25) is 0 Å². The van der Waals surface area contributed by atoms with Crippen LogP contribution in [0.3, 0.4) is 0 Å². The predicted molar refractivity (Wildman–Crippen MR) is 69.0 cm³/mol. The van der Waals surface area contributed by atoms with Crippen molar-refractivity contribution in [2.45, 2.75) is 18.7 Å². The number of aromatic amines is 1. The SMILES string of the molecule is Cc1nn(C)cc1NS(=O)(=O)c1c(C(=O)O)n[nH]c1C. The van der Waals surface area contributed by atoms with Crippen LogP contribution in [-0.2, 0) is 17.1 Å². The van der Waals surface area contributed by atoms with Crippen LogP contribution >= 0.6 is 0 Å². The summed E-state index contributed by atoms with van der Waals surface area (Å²) in [6.45, 7) is 3.07. The maximum Gasteiger partial charge on any atom is 0.357 e. The Hall–Kier alpha value is -2.36. The van der Waals surface area contributed by atoms with Crippen LogP contribution in [0.5, 0.6) is 0 Å². The number of hydrogen-bond donors (Lipinski definition) is 3. The third kappa shape index (κ3) is 2.37. The summed E-state index contributed by atoms with van der Waals surface area (Å²) >= 11 is 0. The Labute approximate surface area is 114 Å². The topological polar surface area (TPSA) is 130 Å². The zero-order valence-electron chi connectivity index (χ0n) is 11.0. The molecule has 0 aliphatic rings. The van der Waals surface area contributed by atoms with Crippen molar-refractivity contribution in [3.8, 4) is 0 Å². The standard InChI is InChI=1S/C10H13N5O4S/c1-5-7(4-15(3)13-5)14-20(18,19)9-6(2)11-12-8(9)10(16)17/h4,14H,1-3H3,(H,11,12)(H,16,17). The van der Waals surface area contributed by atoms with Crippen LogP contribution in [0.1, 0.15) is 21.9 Å². The lowest BCUT2D eigenvalue weighted by Gasteiger charge is -2.06. The van der Waals surface area contributed by atoms with Crippen LogP contribution in [0, 0.1) is 13.8 Å². The lowest BCUT2D eigenvalue weighted by atomic mass is 10.4. The monoisotopic (exact) mass is 299 g/mol. The molecule has 2 heterocycles. The number of H-pyrrole nitrogens is 1. The number of nitrogens with one attached hydrogen (secondary N) is 2. The molecule has 0 spiro atoms. The summed E-state index contributed by atoms with van der Waals surface area (Å²) in [5.74, 6) is -1.42. The van der Waals surface area contributed by atoms with E-state index < -0.39 is 21.7 Å². The molecule has 0 atom stereocenters. The Kier molecular flexibility index (Phi) is 3.26. The molecule has 0 unspecified atom stereocenters. The molecule has 0 bridgehead atoms. The molecular weight excluding hydrogens is 286 g/mol. The summed E-state index contributed by atoms with van der Waals surface area (Å²) in [4.78, 5) is 10.6. The van der Waals surface area contributed by atoms with Gasteiger partial charge in [0.1, 0.15) is 4.90 Å². The molecule has 2 rings (SSSR count). The highest BCUT2D eigenvalue weighted by molar-refractivity contribution is 7.92. The molecule has 0 saturated heterocycles. The summed E-state index contributed by atoms with van der Waals surface area (Å²) in [6, 6.07) is 0. The highest BCUT2D eigenvalue weighted by atomic mass is 32.2. The van der Waals surface area contributed by atoms with Gasteiger partial charge in [0.05, 0.1) is 17.1 Å². The van der Waals surface area contributed by atoms with E-state index in [0.717, 1.165) is 0 Å². The van der Waals surface area contributed by atoms with Crippen LogP contribution in [-0.4, -0.2) is 39.5 Å². The third-order valence-electron chi connectivity index (χ3n) is 2.62. The molecule has 0 aliphatic heterocycles. The number of aromatic carboxylic acids is 1. The van der Waals surface area contributed by atoms with Crippen LogP contribution in [0.15, 0.2) is 11.1 Å². The number of anilines is 1. The number of hydrogen-bond acceptors (Lipinski definition) is 5. The van der Waals surface area contributed by atoms with E-state index in [1.807, 2.05) is 0 Å². The second-order valence-electron chi connectivity index (χ2n) is 4.24. The number of carboxylic acids is 1. The van der Waals surface area contributed by atoms with Crippen molar-refractivity contribution >= 4 is 21.7 Å². The van der Waals surface area contributed by atoms with Gasteiger partial charge in [-0.1, -0.05) is 0 Å². The lowest BCUT2D eigenvalue weighted by molar-refractivity contribution is 0.0686. The highest BCUT2D eigenvalue weighted by Gasteiger charge is 2.29. The van der Waals surface area contributed by atoms with Crippen molar-refractivity contribution in [1.29, 1.82) is 0 Å². The van der Waals surface area contributed by atoms with Crippen molar-refractivity contribution in [3.05, 3.63) is 23.3 Å². The normalized spacial score (nSPS) is 11.6. The van der Waals surface area contributed by atoms with E-state index in [4.69, 9.17) is 5.11 Å². The molecule has 0 saturated carbocycles. The smallest absolute Gasteiger partial charge is 0.357 e. The average Bonchev–Trinajstić information content (AvgIpc) is 2.82. The third-order valence-corrected chi connectivity index (χ3v) is 4.15. The largest absolute Gasteiger partial charge is 0.476 e. The van der Waals surface area contributed by atoms with E-state index >= 15 is 0 Å². The summed E-state index contributed by atoms with van der Waals surface area (Å²) in [7, 11) is -2.41. The number of aromatic nitrogens is 4. The molecule has 108 valence electrons. The fourth-order valence-electron chi connectivity index (χ4n) is 1.79. The fourth-order valence-corrected chi connectivity index (χ4v) is 3.22. The van der Waals surface area contributed by atoms with Gasteiger partial charge in [-0.3, -0.25) is 14.5 Å². The average molecular weight is 299 g/mol. The minimum atomic E-state index is -4.06. The molecule has 0 fully saturated rings. The van der Waals surface area contributed by atoms with Gasteiger partial charge >= 0.3 is 5.97 Å². The first-order valence-electron chi connectivity index (χ1n) is 5.53. The molecule has 9 nitrogen and oxygen atoms in total. The molecule has 0 aliphatic carbocycles. The van der Waals surface area contributed by atoms with Gasteiger partial charge in [0.25, 0.3) is 10.0 Å². The van der Waals surface area contributed by atoms with E-state index in [-0.39, 0.29) is 16.3 Å². The molecule has 0 amide bonds. The maximum absolute atomic E-state index is 12.3. The van der Waals surface area contributed by atoms with Gasteiger partial charge in [-0.05, 0) is 13.8 Å². The van der Waals surface area contributed by atoms with Crippen LogP contribution < -0.4 is 4.72 Å². The molecule has 3 N–H and O–H groups in total. The van der Waals surface area contributed by atoms with Crippen LogP contribution in [0.25, 0.3) is 0 Å². The summed E-state index contributed by atoms with van der Waals surface area (Å²) in [5.41, 5.74) is 0.367. The van der Waals surface area contributed by atoms with Crippen molar-refractivity contribution in [2.24, 2.45) is 7.05 Å². The minimum Gasteiger partial charge on any atom is -0.476 e. The predicted octanol–water partition coefficient (Wildman–Crippen LogP) is 0.259. The van der Waals surface area contributed by atoms with E-state index in [0.29, 0.717) is 5.69 Å². The summed E-state index contributed by atoms with van der Waals surface area (Å²) in [6.07, 6.45) is 1.49. The molecule has 20 heavy (non-hydrogen) atoms. The summed E-state index contributed by atoms with van der Waals surface area (Å²) in [5, 5.41) is 18.8. The van der Waals surface area contributed by atoms with Gasteiger partial charge in [-0.2, -0.15) is 10.2 Å². The van der Waals surface area contributed by atoms with Crippen molar-refractivity contribution in [2.75, 3.05) is 4.72 Å². The van der Waals surface area contributed by atoms with Crippen molar-refractivity contribution < 1.29 is 18.3 Å². The molecule has 10 heteroatoms. The Balaban J connectivity index is 2.49. The quantitative estimate of drug-likeness (QED) is 0.742. The highest BCUT2D eigenvalue weighted by Crippen LogP contribution is 2.22. The first-order chi connectivity index (χ1) is 9.22. The van der Waals surface area contributed by atoms with Gasteiger partial charge in [0, 0.05) is 13.2 Å². The first kappa shape index (κ1) is 14.1. The maximum atomic E-state index is 12.3. The fraction of sp³-hybridized carbons (Fsp3) is 0.300. The molecular formula is C10H13N5O4S. The van der Waals surface area contributed by atoms with E-state index in [2.05, 4.69) is 20.0 Å². The minimum absolute atomic E-state index is 0.149. The summed E-state index contributed by atoms with van der Waals surface area (Å²) < 4.78 is 28.4. The Morgan fingerprint density at radius 1 is 1.45 bits per heavy atom. The zero-order valence-corrected chi connectivity index (χ0v) is 11.8. The number of rotatable bonds is 4. The number of carboxylic acid groups (broad SMARTS) is 1. The van der Waals surface area contributed by atoms with Crippen molar-refractivity contribution in [3.63, 3.8) is 0 Å². The van der Waals surface area contributed by atoms with Crippen LogP contribution in [0.4, 0.5) is 5.69 Å². The Morgan fingerprint density at radius 3 is 2.60 bits per heavy atom. The molecule has 2 aromatic rings. The van der Waals surface area contributed by atoms with E-state index in [9.17, 15) is 13.2 Å². The Bertz CT molecular complexity index is 774. The van der Waals surface area contributed by atoms with Gasteiger partial charge < -0.3 is 5.11 Å². The van der Waals surface area contributed by atoms with Crippen molar-refractivity contribution in [1.82, 2.24) is 20.0 Å². The van der Waals surface area contributed by atoms with E-state index in [1.165, 1.54) is 17.8 Å². The number of sulfonamides is 1. The molecule has 2 aromatic heterocycles. The van der Waals surface area contributed by atoms with Gasteiger partial charge in [0.15, 0.2) is 5.69 Å². The second kappa shape index (κ2) is 4.63. The molecule has 0 radical (unpaired) electrons. The zero-order chi connectivity index (χ0) is 15.1. The van der Waals surface area contributed by atoms with Gasteiger partial charge in [-0.25, -0.2) is 13.2 Å². The number of aryl methyl sites for hydroxylation is 3. The molecule has 0 aromatic carbocycles. The number of nitrogens with zero attached hydrogens (tertiary/aromatic N) is 3. The van der Waals surface area contributed by atoms with E-state index in [1.54, 1.807) is 14.0 Å². The first-order valence-corrected chi connectivity index (χ1v) is 7.02. The lowest BCUT2D eigenvalue weighted by Crippen LogP contribution is -2.17.